The SMILES string of the molecule is CC.CC.CC1CC(C)C1.CC1CC1C.CCC.CCCC. The topological polar surface area (TPSA) is 0 Å². The number of rotatable bonds is 1. The van der Waals surface area contributed by atoms with Gasteiger partial charge in [0.05, 0.1) is 0 Å². The van der Waals surface area contributed by atoms with E-state index in [2.05, 4.69) is 55.4 Å². The fraction of sp³-hybridized carbons (Fsp3) is 1.00. The lowest BCUT2D eigenvalue weighted by Crippen LogP contribution is -2.16. The third-order valence-electron chi connectivity index (χ3n) is 3.62. The van der Waals surface area contributed by atoms with E-state index in [0.717, 1.165) is 23.7 Å². The molecule has 22 heavy (non-hydrogen) atoms. The van der Waals surface area contributed by atoms with E-state index >= 15 is 0 Å². The molecule has 0 aromatic carbocycles. The highest BCUT2D eigenvalue weighted by molar-refractivity contribution is 4.76. The van der Waals surface area contributed by atoms with Gasteiger partial charge < -0.3 is 0 Å². The zero-order valence-electron chi connectivity index (χ0n) is 18.6. The van der Waals surface area contributed by atoms with Gasteiger partial charge >= 0.3 is 0 Å². The highest BCUT2D eigenvalue weighted by Gasteiger charge is 2.26. The maximum atomic E-state index is 2.32. The van der Waals surface area contributed by atoms with E-state index in [1.807, 2.05) is 27.7 Å². The van der Waals surface area contributed by atoms with Crippen molar-refractivity contribution >= 4 is 0 Å². The van der Waals surface area contributed by atoms with E-state index in [4.69, 9.17) is 0 Å². The minimum Gasteiger partial charge on any atom is -0.0683 e. The van der Waals surface area contributed by atoms with Crippen LogP contribution in [0.3, 0.4) is 0 Å². The van der Waals surface area contributed by atoms with Gasteiger partial charge in [-0.25, -0.2) is 0 Å². The lowest BCUT2D eigenvalue weighted by atomic mass is 9.78. The molecule has 2 rings (SSSR count). The van der Waals surface area contributed by atoms with Gasteiger partial charge in [0.1, 0.15) is 0 Å². The van der Waals surface area contributed by atoms with Gasteiger partial charge in [-0.1, -0.05) is 102 Å². The molecule has 0 heteroatoms. The number of unbranched alkanes of at least 4 members (excludes halogenated alkanes) is 1. The highest BCUT2D eigenvalue weighted by Crippen LogP contribution is 2.36. The molecule has 2 atom stereocenters. The lowest BCUT2D eigenvalue weighted by Gasteiger charge is -2.28. The highest BCUT2D eigenvalue weighted by atomic mass is 14.3. The van der Waals surface area contributed by atoms with Crippen LogP contribution in [0, 0.1) is 23.7 Å². The molecular weight excluding hydrogens is 264 g/mol. The molecule has 0 saturated heterocycles. The van der Waals surface area contributed by atoms with Crippen LogP contribution in [0.15, 0.2) is 0 Å². The van der Waals surface area contributed by atoms with E-state index < -0.39 is 0 Å². The standard InChI is InChI=1S/C6H12.C5H10.C4H10.C3H8.2C2H6/c1-5-3-6(2)4-5;1-4-3-5(4)2;1-3-4-2;1-3-2;2*1-2/h5-6H,3-4H2,1-2H3;4-5H,3H2,1-2H3;3-4H2,1-2H3;3H2,1-2H3;2*1-2H3. The fourth-order valence-electron chi connectivity index (χ4n) is 1.81. The third-order valence-corrected chi connectivity index (χ3v) is 3.62. The summed E-state index contributed by atoms with van der Waals surface area (Å²) >= 11 is 0. The first-order valence-corrected chi connectivity index (χ1v) is 10.4. The number of hydrogen-bond donors (Lipinski definition) is 0. The molecule has 0 bridgehead atoms. The van der Waals surface area contributed by atoms with E-state index in [9.17, 15) is 0 Å². The van der Waals surface area contributed by atoms with Crippen molar-refractivity contribution in [3.63, 3.8) is 0 Å². The van der Waals surface area contributed by atoms with Crippen molar-refractivity contribution < 1.29 is 0 Å². The maximum Gasteiger partial charge on any atom is -0.0414 e. The largest absolute Gasteiger partial charge is 0.0683 e. The second-order valence-electron chi connectivity index (χ2n) is 6.58. The van der Waals surface area contributed by atoms with Gasteiger partial charge in [-0.2, -0.15) is 0 Å². The third kappa shape index (κ3) is 32.1. The molecule has 0 nitrogen and oxygen atoms in total. The summed E-state index contributed by atoms with van der Waals surface area (Å²) in [5, 5.41) is 0. The normalized spacial score (nSPS) is 26.2. The van der Waals surface area contributed by atoms with Crippen LogP contribution in [0.5, 0.6) is 0 Å². The Labute approximate surface area is 145 Å². The summed E-state index contributed by atoms with van der Waals surface area (Å²) in [5.74, 6) is 4.19. The lowest BCUT2D eigenvalue weighted by molar-refractivity contribution is 0.233. The first-order chi connectivity index (χ1) is 10.4. The van der Waals surface area contributed by atoms with Crippen LogP contribution in [0.2, 0.25) is 0 Å². The molecule has 2 fully saturated rings. The van der Waals surface area contributed by atoms with Crippen LogP contribution in [0.4, 0.5) is 0 Å². The monoisotopic (exact) mass is 316 g/mol. The second kappa shape index (κ2) is 25.9. The molecule has 2 unspecified atom stereocenters. The van der Waals surface area contributed by atoms with Gasteiger partial charge in [0.2, 0.25) is 0 Å². The first-order valence-electron chi connectivity index (χ1n) is 10.4. The van der Waals surface area contributed by atoms with Crippen molar-refractivity contribution in [1.29, 1.82) is 0 Å². The summed E-state index contributed by atoms with van der Waals surface area (Å²) in [5.41, 5.74) is 0. The molecule has 0 aromatic heterocycles. The molecular formula is C22H52. The van der Waals surface area contributed by atoms with Gasteiger partial charge in [0.15, 0.2) is 0 Å². The Hall–Kier alpha value is 0. The second-order valence-corrected chi connectivity index (χ2v) is 6.58. The summed E-state index contributed by atoms with van der Waals surface area (Å²) in [6.45, 7) is 25.8. The van der Waals surface area contributed by atoms with Crippen LogP contribution < -0.4 is 0 Å². The van der Waals surface area contributed by atoms with E-state index in [0.29, 0.717) is 0 Å². The molecule has 0 spiro atoms. The summed E-state index contributed by atoms with van der Waals surface area (Å²) in [6.07, 6.45) is 8.31. The zero-order chi connectivity index (χ0) is 18.6. The molecule has 0 amide bonds. The van der Waals surface area contributed by atoms with Gasteiger partial charge in [0, 0.05) is 0 Å². The summed E-state index contributed by atoms with van der Waals surface area (Å²) in [7, 11) is 0. The van der Waals surface area contributed by atoms with Crippen LogP contribution in [-0.2, 0) is 0 Å². The molecule has 2 aliphatic rings. The average molecular weight is 317 g/mol. The quantitative estimate of drug-likeness (QED) is 0.452. The van der Waals surface area contributed by atoms with Crippen molar-refractivity contribution in [2.45, 2.75) is 122 Å². The van der Waals surface area contributed by atoms with Crippen LogP contribution in [0.25, 0.3) is 0 Å². The molecule has 0 heterocycles. The zero-order valence-corrected chi connectivity index (χ0v) is 18.6. The van der Waals surface area contributed by atoms with Gasteiger partial charge in [0.25, 0.3) is 0 Å². The van der Waals surface area contributed by atoms with Crippen molar-refractivity contribution in [2.75, 3.05) is 0 Å². The maximum absolute atomic E-state index is 2.32. The van der Waals surface area contributed by atoms with E-state index in [-0.39, 0.29) is 0 Å². The van der Waals surface area contributed by atoms with Crippen molar-refractivity contribution in [1.82, 2.24) is 0 Å². The molecule has 0 aromatic rings. The van der Waals surface area contributed by atoms with Crippen molar-refractivity contribution in [3.8, 4) is 0 Å². The van der Waals surface area contributed by atoms with E-state index in [1.54, 1.807) is 0 Å². The Morgan fingerprint density at radius 2 is 0.727 bits per heavy atom. The fourth-order valence-corrected chi connectivity index (χ4v) is 1.81. The molecule has 0 aliphatic heterocycles. The van der Waals surface area contributed by atoms with Crippen LogP contribution in [0.1, 0.15) is 122 Å². The van der Waals surface area contributed by atoms with Crippen LogP contribution in [-0.4, -0.2) is 0 Å². The Balaban J connectivity index is -0.0000000937. The van der Waals surface area contributed by atoms with Crippen molar-refractivity contribution in [3.05, 3.63) is 0 Å². The summed E-state index contributed by atoms with van der Waals surface area (Å²) in [4.78, 5) is 0. The van der Waals surface area contributed by atoms with Crippen LogP contribution >= 0.6 is 0 Å². The smallest absolute Gasteiger partial charge is 0.0414 e. The Bertz CT molecular complexity index is 130. The molecule has 0 radical (unpaired) electrons. The van der Waals surface area contributed by atoms with Crippen molar-refractivity contribution in [2.24, 2.45) is 23.7 Å². The predicted molar refractivity (Wildman–Crippen MR) is 110 cm³/mol. The number of hydrogen-bond acceptors (Lipinski definition) is 0. The Morgan fingerprint density at radius 1 is 0.545 bits per heavy atom. The minimum absolute atomic E-state index is 1.04. The predicted octanol–water partition coefficient (Wildman–Crippen LogP) is 8.99. The van der Waals surface area contributed by atoms with E-state index in [1.165, 1.54) is 38.5 Å². The molecule has 2 aliphatic carbocycles. The van der Waals surface area contributed by atoms with Gasteiger partial charge in [-0.3, -0.25) is 0 Å². The average Bonchev–Trinajstić information content (AvgIpc) is 3.16. The summed E-state index contributed by atoms with van der Waals surface area (Å²) in [6, 6.07) is 0. The minimum atomic E-state index is 1.04. The Morgan fingerprint density at radius 3 is 0.727 bits per heavy atom. The van der Waals surface area contributed by atoms with Gasteiger partial charge in [-0.15, -0.1) is 0 Å². The molecule has 140 valence electrons. The first kappa shape index (κ1) is 29.9. The molecule has 0 N–H and O–H groups in total. The Kier molecular flexibility index (Phi) is 35.3. The summed E-state index contributed by atoms with van der Waals surface area (Å²) < 4.78 is 0. The molecule has 2 saturated carbocycles. The van der Waals surface area contributed by atoms with Gasteiger partial charge in [-0.05, 0) is 42.9 Å².